The van der Waals surface area contributed by atoms with Gasteiger partial charge in [0.25, 0.3) is 0 Å². The van der Waals surface area contributed by atoms with E-state index in [1.165, 1.54) is 12.3 Å². The van der Waals surface area contributed by atoms with Crippen molar-refractivity contribution in [1.29, 1.82) is 0 Å². The standard InChI is InChI=1S/C25H30O7S2/c26-7-13-33-11-1-9-30-19-5-3-18(4-6-19)21-17-32-23-16-20(15-22(28)24(23)25(21)29)31-10-2-12-34-14-8-27/h3-6,15-17,26-28H,1-2,7-14H2. The molecule has 0 radical (unpaired) electrons. The van der Waals surface area contributed by atoms with Crippen molar-refractivity contribution in [1.82, 2.24) is 0 Å². The molecule has 0 aliphatic heterocycles. The summed E-state index contributed by atoms with van der Waals surface area (Å²) >= 11 is 3.34. The second-order valence-corrected chi connectivity index (χ2v) is 9.84. The topological polar surface area (TPSA) is 109 Å². The Morgan fingerprint density at radius 1 is 0.824 bits per heavy atom. The Hall–Kier alpha value is -2.33. The van der Waals surface area contributed by atoms with Gasteiger partial charge in [0, 0.05) is 23.6 Å². The molecule has 0 fully saturated rings. The summed E-state index contributed by atoms with van der Waals surface area (Å²) in [7, 11) is 0. The molecule has 184 valence electrons. The van der Waals surface area contributed by atoms with Crippen LogP contribution in [0.25, 0.3) is 22.1 Å². The number of phenols is 1. The molecule has 0 bridgehead atoms. The summed E-state index contributed by atoms with van der Waals surface area (Å²) in [6, 6.07) is 10.2. The highest BCUT2D eigenvalue weighted by atomic mass is 32.2. The highest BCUT2D eigenvalue weighted by molar-refractivity contribution is 7.99. The summed E-state index contributed by atoms with van der Waals surface area (Å²) in [5.41, 5.74) is 0.962. The summed E-state index contributed by atoms with van der Waals surface area (Å²) in [6.07, 6.45) is 3.08. The van der Waals surface area contributed by atoms with Crippen LogP contribution in [0.4, 0.5) is 0 Å². The number of benzene rings is 2. The first-order chi connectivity index (χ1) is 16.6. The molecule has 0 spiro atoms. The molecule has 0 saturated carbocycles. The lowest BCUT2D eigenvalue weighted by atomic mass is 10.0. The Labute approximate surface area is 207 Å². The average molecular weight is 507 g/mol. The van der Waals surface area contributed by atoms with E-state index < -0.39 is 0 Å². The van der Waals surface area contributed by atoms with Crippen LogP contribution >= 0.6 is 23.5 Å². The van der Waals surface area contributed by atoms with Gasteiger partial charge in [-0.3, -0.25) is 4.79 Å². The molecule has 9 heteroatoms. The fourth-order valence-corrected chi connectivity index (χ4v) is 4.57. The number of rotatable bonds is 15. The van der Waals surface area contributed by atoms with Gasteiger partial charge < -0.3 is 29.2 Å². The minimum absolute atomic E-state index is 0.115. The van der Waals surface area contributed by atoms with Crippen LogP contribution < -0.4 is 14.9 Å². The minimum Gasteiger partial charge on any atom is -0.507 e. The number of hydrogen-bond acceptors (Lipinski definition) is 9. The number of hydrogen-bond donors (Lipinski definition) is 3. The van der Waals surface area contributed by atoms with Gasteiger partial charge in [0.15, 0.2) is 0 Å². The van der Waals surface area contributed by atoms with Gasteiger partial charge in [0.1, 0.15) is 34.5 Å². The second-order valence-electron chi connectivity index (χ2n) is 7.39. The van der Waals surface area contributed by atoms with Crippen LogP contribution in [0, 0.1) is 0 Å². The maximum atomic E-state index is 13.1. The van der Waals surface area contributed by atoms with E-state index in [0.717, 1.165) is 30.1 Å². The zero-order chi connectivity index (χ0) is 24.2. The van der Waals surface area contributed by atoms with Crippen LogP contribution in [0.3, 0.4) is 0 Å². The molecule has 2 aromatic carbocycles. The van der Waals surface area contributed by atoms with E-state index in [4.69, 9.17) is 24.1 Å². The summed E-state index contributed by atoms with van der Waals surface area (Å²) in [5, 5.41) is 28.2. The third-order valence-corrected chi connectivity index (χ3v) is 6.97. The molecule has 0 saturated heterocycles. The first-order valence-electron chi connectivity index (χ1n) is 11.2. The lowest BCUT2D eigenvalue weighted by molar-refractivity contribution is 0.315. The number of ether oxygens (including phenoxy) is 2. The Balaban J connectivity index is 1.64. The van der Waals surface area contributed by atoms with Crippen molar-refractivity contribution in [3.05, 3.63) is 52.9 Å². The highest BCUT2D eigenvalue weighted by Crippen LogP contribution is 2.31. The summed E-state index contributed by atoms with van der Waals surface area (Å²) in [5.74, 6) is 4.19. The van der Waals surface area contributed by atoms with Crippen molar-refractivity contribution in [2.75, 3.05) is 49.4 Å². The van der Waals surface area contributed by atoms with Gasteiger partial charge in [-0.25, -0.2) is 0 Å². The molecular formula is C25H30O7S2. The largest absolute Gasteiger partial charge is 0.507 e. The maximum absolute atomic E-state index is 13.1. The highest BCUT2D eigenvalue weighted by Gasteiger charge is 2.15. The van der Waals surface area contributed by atoms with Crippen LogP contribution in [0.15, 0.2) is 51.9 Å². The minimum atomic E-state index is -0.319. The van der Waals surface area contributed by atoms with Crippen LogP contribution in [0.2, 0.25) is 0 Å². The monoisotopic (exact) mass is 506 g/mol. The second kappa shape index (κ2) is 14.2. The quantitative estimate of drug-likeness (QED) is 0.262. The number of thioether (sulfide) groups is 2. The maximum Gasteiger partial charge on any atom is 0.204 e. The van der Waals surface area contributed by atoms with Crippen molar-refractivity contribution in [2.24, 2.45) is 0 Å². The SMILES string of the molecule is O=c1c(-c2ccc(OCCCSCCO)cc2)coc2cc(OCCCSCCO)cc(O)c12. The van der Waals surface area contributed by atoms with Crippen molar-refractivity contribution in [3.8, 4) is 28.4 Å². The number of fused-ring (bicyclic) bond motifs is 1. The third-order valence-electron chi connectivity index (χ3n) is 4.87. The molecule has 3 rings (SSSR count). The molecule has 1 heterocycles. The van der Waals surface area contributed by atoms with Crippen molar-refractivity contribution in [3.63, 3.8) is 0 Å². The lowest BCUT2D eigenvalue weighted by Gasteiger charge is -2.10. The van der Waals surface area contributed by atoms with Crippen molar-refractivity contribution in [2.45, 2.75) is 12.8 Å². The van der Waals surface area contributed by atoms with Gasteiger partial charge in [-0.2, -0.15) is 23.5 Å². The molecule has 0 aliphatic carbocycles. The number of aromatic hydroxyl groups is 1. The van der Waals surface area contributed by atoms with Crippen LogP contribution in [0.1, 0.15) is 12.8 Å². The van der Waals surface area contributed by atoms with E-state index in [1.54, 1.807) is 53.9 Å². The fraction of sp³-hybridized carbons (Fsp3) is 0.400. The van der Waals surface area contributed by atoms with E-state index in [2.05, 4.69) is 0 Å². The molecule has 0 unspecified atom stereocenters. The van der Waals surface area contributed by atoms with Crippen molar-refractivity contribution >= 4 is 34.5 Å². The molecule has 34 heavy (non-hydrogen) atoms. The normalized spacial score (nSPS) is 11.1. The van der Waals surface area contributed by atoms with E-state index in [0.29, 0.717) is 41.6 Å². The van der Waals surface area contributed by atoms with Gasteiger partial charge in [0.2, 0.25) is 5.43 Å². The first-order valence-corrected chi connectivity index (χ1v) is 13.5. The lowest BCUT2D eigenvalue weighted by Crippen LogP contribution is -2.06. The van der Waals surface area contributed by atoms with Gasteiger partial charge in [-0.15, -0.1) is 0 Å². The average Bonchev–Trinajstić information content (AvgIpc) is 2.84. The predicted molar refractivity (Wildman–Crippen MR) is 139 cm³/mol. The first kappa shape index (κ1) is 26.3. The molecule has 0 atom stereocenters. The van der Waals surface area contributed by atoms with Crippen molar-refractivity contribution < 1.29 is 29.2 Å². The van der Waals surface area contributed by atoms with Gasteiger partial charge in [-0.1, -0.05) is 12.1 Å². The van der Waals surface area contributed by atoms with E-state index >= 15 is 0 Å². The zero-order valence-electron chi connectivity index (χ0n) is 18.9. The fourth-order valence-electron chi connectivity index (χ4n) is 3.26. The summed E-state index contributed by atoms with van der Waals surface area (Å²) < 4.78 is 17.1. The number of phenolic OH excluding ortho intramolecular Hbond substituents is 1. The Morgan fingerprint density at radius 2 is 1.44 bits per heavy atom. The zero-order valence-corrected chi connectivity index (χ0v) is 20.5. The predicted octanol–water partition coefficient (Wildman–Crippen LogP) is 4.15. The van der Waals surface area contributed by atoms with E-state index in [9.17, 15) is 9.90 Å². The van der Waals surface area contributed by atoms with Gasteiger partial charge in [-0.05, 0) is 42.0 Å². The summed E-state index contributed by atoms with van der Waals surface area (Å²) in [6.45, 7) is 1.39. The molecule has 0 amide bonds. The molecule has 3 aromatic rings. The van der Waals surface area contributed by atoms with Crippen LogP contribution in [0.5, 0.6) is 17.2 Å². The molecule has 7 nitrogen and oxygen atoms in total. The Morgan fingerprint density at radius 3 is 2.06 bits per heavy atom. The van der Waals surface area contributed by atoms with Crippen LogP contribution in [-0.4, -0.2) is 64.8 Å². The molecular weight excluding hydrogens is 476 g/mol. The summed E-state index contributed by atoms with van der Waals surface area (Å²) in [4.78, 5) is 13.1. The van der Waals surface area contributed by atoms with E-state index in [-0.39, 0.29) is 35.4 Å². The van der Waals surface area contributed by atoms with E-state index in [1.807, 2.05) is 0 Å². The Kier molecular flexibility index (Phi) is 10.9. The molecule has 0 aliphatic rings. The number of aliphatic hydroxyl groups excluding tert-OH is 2. The smallest absolute Gasteiger partial charge is 0.204 e. The van der Waals surface area contributed by atoms with Gasteiger partial charge >= 0.3 is 0 Å². The Bertz CT molecular complexity index is 1080. The number of aliphatic hydroxyl groups is 2. The van der Waals surface area contributed by atoms with Crippen LogP contribution in [-0.2, 0) is 0 Å². The molecule has 1 aromatic heterocycles. The third kappa shape index (κ3) is 7.59. The van der Waals surface area contributed by atoms with Gasteiger partial charge in [0.05, 0.1) is 32.0 Å². The molecule has 3 N–H and O–H groups in total.